The minimum absolute atomic E-state index is 0.378. The number of hydrazone groups is 1. The molecule has 0 atom stereocenters. The van der Waals surface area contributed by atoms with Gasteiger partial charge >= 0.3 is 5.97 Å². The highest BCUT2D eigenvalue weighted by atomic mass is 16.5. The lowest BCUT2D eigenvalue weighted by Crippen LogP contribution is -2.20. The van der Waals surface area contributed by atoms with Crippen molar-refractivity contribution in [3.05, 3.63) is 89.9 Å². The summed E-state index contributed by atoms with van der Waals surface area (Å²) in [6, 6.07) is 17.9. The summed E-state index contributed by atoms with van der Waals surface area (Å²) in [5.41, 5.74) is 4.84. The van der Waals surface area contributed by atoms with Crippen LogP contribution in [-0.4, -0.2) is 35.1 Å². The fraction of sp³-hybridized carbons (Fsp3) is 0.0500. The largest absolute Gasteiger partial charge is 0.465 e. The Morgan fingerprint density at radius 2 is 1.74 bits per heavy atom. The molecule has 0 radical (unpaired) electrons. The minimum Gasteiger partial charge on any atom is -0.465 e. The molecule has 1 N–H and O–H groups in total. The molecule has 0 saturated heterocycles. The second kappa shape index (κ2) is 9.00. The first kappa shape index (κ1) is 17.9. The monoisotopic (exact) mass is 359 g/mol. The van der Waals surface area contributed by atoms with E-state index in [9.17, 15) is 4.79 Å². The lowest BCUT2D eigenvalue weighted by Gasteiger charge is -2.05. The summed E-state index contributed by atoms with van der Waals surface area (Å²) in [5, 5.41) is 4.22. The Kier molecular flexibility index (Phi) is 5.98. The second-order valence-electron chi connectivity index (χ2n) is 5.35. The molecule has 7 nitrogen and oxygen atoms in total. The highest BCUT2D eigenvalue weighted by molar-refractivity contribution is 5.99. The zero-order valence-corrected chi connectivity index (χ0v) is 14.6. The summed E-state index contributed by atoms with van der Waals surface area (Å²) in [4.78, 5) is 24.4. The Hall–Kier alpha value is -3.87. The maximum atomic E-state index is 11.5. The third-order valence-electron chi connectivity index (χ3n) is 3.50. The average molecular weight is 359 g/mol. The molecule has 0 bridgehead atoms. The predicted molar refractivity (Wildman–Crippen MR) is 103 cm³/mol. The summed E-state index contributed by atoms with van der Waals surface area (Å²) in [6.45, 7) is 0. The number of pyridine rings is 2. The number of methoxy groups -OCH3 is 1. The van der Waals surface area contributed by atoms with E-state index >= 15 is 0 Å². The van der Waals surface area contributed by atoms with Crippen LogP contribution in [-0.2, 0) is 4.74 Å². The van der Waals surface area contributed by atoms with Gasteiger partial charge in [0.25, 0.3) is 0 Å². The van der Waals surface area contributed by atoms with Gasteiger partial charge in [-0.15, -0.1) is 0 Å². The third-order valence-corrected chi connectivity index (χ3v) is 3.50. The number of esters is 1. The van der Waals surface area contributed by atoms with Gasteiger partial charge in [-0.25, -0.2) is 14.8 Å². The predicted octanol–water partition coefficient (Wildman–Crippen LogP) is 2.97. The number of aliphatic imine (C=N–C) groups is 1. The van der Waals surface area contributed by atoms with Crippen LogP contribution < -0.4 is 5.43 Å². The fourth-order valence-electron chi connectivity index (χ4n) is 2.17. The molecule has 0 saturated carbocycles. The van der Waals surface area contributed by atoms with Gasteiger partial charge in [-0.1, -0.05) is 24.3 Å². The smallest absolute Gasteiger partial charge is 0.337 e. The van der Waals surface area contributed by atoms with Crippen LogP contribution in [0.25, 0.3) is 0 Å². The Morgan fingerprint density at radius 1 is 1.00 bits per heavy atom. The Balaban J connectivity index is 1.78. The summed E-state index contributed by atoms with van der Waals surface area (Å²) in [5.74, 6) is 0.636. The Labute approximate surface area is 156 Å². The molecule has 0 amide bonds. The number of aromatic nitrogens is 2. The van der Waals surface area contributed by atoms with Crippen LogP contribution in [0.2, 0.25) is 0 Å². The summed E-state index contributed by atoms with van der Waals surface area (Å²) < 4.78 is 4.68. The van der Waals surface area contributed by atoms with E-state index in [1.165, 1.54) is 7.11 Å². The first-order chi connectivity index (χ1) is 13.3. The lowest BCUT2D eigenvalue weighted by molar-refractivity contribution is 0.0600. The Bertz CT molecular complexity index is 939. The molecule has 27 heavy (non-hydrogen) atoms. The van der Waals surface area contributed by atoms with Gasteiger partial charge in [0.1, 0.15) is 5.69 Å². The SMILES string of the molecule is COC(=O)c1ccc(/C=N\NC(=Nc2ccccn2)c2ccccn2)cc1. The molecule has 3 rings (SSSR count). The summed E-state index contributed by atoms with van der Waals surface area (Å²) in [6.07, 6.45) is 4.97. The molecule has 3 aromatic rings. The lowest BCUT2D eigenvalue weighted by atomic mass is 10.1. The van der Waals surface area contributed by atoms with Crippen molar-refractivity contribution in [3.8, 4) is 0 Å². The van der Waals surface area contributed by atoms with Crippen molar-refractivity contribution >= 4 is 23.8 Å². The van der Waals surface area contributed by atoms with Crippen LogP contribution in [0.15, 0.2) is 83.2 Å². The maximum absolute atomic E-state index is 11.5. The number of ether oxygens (including phenoxy) is 1. The van der Waals surface area contributed by atoms with E-state index in [-0.39, 0.29) is 5.97 Å². The number of nitrogens with zero attached hydrogens (tertiary/aromatic N) is 4. The number of carbonyl (C=O) groups excluding carboxylic acids is 1. The molecule has 0 spiro atoms. The number of hydrogen-bond donors (Lipinski definition) is 1. The van der Waals surface area contributed by atoms with Gasteiger partial charge in [-0.2, -0.15) is 5.10 Å². The van der Waals surface area contributed by atoms with Crippen molar-refractivity contribution in [2.24, 2.45) is 10.1 Å². The topological polar surface area (TPSA) is 88.8 Å². The van der Waals surface area contributed by atoms with E-state index in [0.29, 0.717) is 22.9 Å². The van der Waals surface area contributed by atoms with Crippen molar-refractivity contribution in [1.29, 1.82) is 0 Å². The van der Waals surface area contributed by atoms with E-state index in [2.05, 4.69) is 30.2 Å². The second-order valence-corrected chi connectivity index (χ2v) is 5.35. The first-order valence-electron chi connectivity index (χ1n) is 8.15. The van der Waals surface area contributed by atoms with Crippen molar-refractivity contribution in [2.45, 2.75) is 0 Å². The fourth-order valence-corrected chi connectivity index (χ4v) is 2.17. The number of benzene rings is 1. The first-order valence-corrected chi connectivity index (χ1v) is 8.15. The Morgan fingerprint density at radius 3 is 2.37 bits per heavy atom. The van der Waals surface area contributed by atoms with Gasteiger partial charge in [-0.3, -0.25) is 10.4 Å². The highest BCUT2D eigenvalue weighted by Gasteiger charge is 2.05. The number of rotatable bonds is 5. The standard InChI is InChI=1S/C20H17N5O2/c1-27-20(26)16-10-8-15(9-11-16)14-23-25-19(17-6-2-4-12-21-17)24-18-7-3-5-13-22-18/h2-14H,1H3,(H,22,24,25)/b23-14-. The molecule has 0 aliphatic heterocycles. The molecule has 1 aromatic carbocycles. The van der Waals surface area contributed by atoms with Crippen LogP contribution in [0.3, 0.4) is 0 Å². The normalized spacial score (nSPS) is 11.4. The molecule has 134 valence electrons. The van der Waals surface area contributed by atoms with Crippen LogP contribution >= 0.6 is 0 Å². The van der Waals surface area contributed by atoms with Crippen molar-refractivity contribution in [3.63, 3.8) is 0 Å². The van der Waals surface area contributed by atoms with Gasteiger partial charge in [0, 0.05) is 12.4 Å². The van der Waals surface area contributed by atoms with E-state index in [4.69, 9.17) is 0 Å². The summed E-state index contributed by atoms with van der Waals surface area (Å²) in [7, 11) is 1.35. The quantitative estimate of drug-likeness (QED) is 0.327. The zero-order chi connectivity index (χ0) is 18.9. The number of amidine groups is 1. The van der Waals surface area contributed by atoms with Crippen molar-refractivity contribution in [1.82, 2.24) is 15.4 Å². The molecular weight excluding hydrogens is 342 g/mol. The molecule has 2 aromatic heterocycles. The number of nitrogens with one attached hydrogen (secondary N) is 1. The molecule has 2 heterocycles. The number of hydrogen-bond acceptors (Lipinski definition) is 6. The van der Waals surface area contributed by atoms with E-state index in [1.807, 2.05) is 30.3 Å². The molecule has 7 heteroatoms. The maximum Gasteiger partial charge on any atom is 0.337 e. The van der Waals surface area contributed by atoms with Gasteiger partial charge in [-0.05, 0) is 42.0 Å². The van der Waals surface area contributed by atoms with Crippen LogP contribution in [0.5, 0.6) is 0 Å². The van der Waals surface area contributed by atoms with Gasteiger partial charge in [0.2, 0.25) is 0 Å². The van der Waals surface area contributed by atoms with Gasteiger partial charge in [0.15, 0.2) is 11.7 Å². The van der Waals surface area contributed by atoms with Crippen molar-refractivity contribution < 1.29 is 9.53 Å². The molecule has 0 fully saturated rings. The van der Waals surface area contributed by atoms with Gasteiger partial charge in [0.05, 0.1) is 18.9 Å². The average Bonchev–Trinajstić information content (AvgIpc) is 2.74. The van der Waals surface area contributed by atoms with Crippen LogP contribution in [0.4, 0.5) is 5.82 Å². The zero-order valence-electron chi connectivity index (χ0n) is 14.6. The van der Waals surface area contributed by atoms with E-state index < -0.39 is 0 Å². The molecule has 0 aliphatic rings. The third kappa shape index (κ3) is 5.05. The molecular formula is C20H17N5O2. The molecule has 0 aliphatic carbocycles. The molecule has 0 unspecified atom stereocenters. The highest BCUT2D eigenvalue weighted by Crippen LogP contribution is 2.08. The number of carbonyl (C=O) groups is 1. The van der Waals surface area contributed by atoms with Crippen LogP contribution in [0.1, 0.15) is 21.6 Å². The van der Waals surface area contributed by atoms with E-state index in [0.717, 1.165) is 5.56 Å². The minimum atomic E-state index is -0.378. The summed E-state index contributed by atoms with van der Waals surface area (Å²) >= 11 is 0. The van der Waals surface area contributed by atoms with Crippen molar-refractivity contribution in [2.75, 3.05) is 7.11 Å². The van der Waals surface area contributed by atoms with Gasteiger partial charge < -0.3 is 4.74 Å². The van der Waals surface area contributed by atoms with Crippen LogP contribution in [0, 0.1) is 0 Å². The van der Waals surface area contributed by atoms with E-state index in [1.54, 1.807) is 48.9 Å².